The standard InChI is InChI=1S/C26H32N4O3/c1-17-5-8-23(24(31)28-17)30-25(32)21-7-6-20(15-22(21)26(30)33)29-13-10-18(11-14-29)9-12-27-16-19-3-2-4-19/h6-7,15-16,18,23,27H,1-5,8-14H2,(H,28,31). The average Bonchev–Trinajstić information content (AvgIpc) is 3.03. The van der Waals surface area contributed by atoms with Crippen LogP contribution in [-0.2, 0) is 4.79 Å². The molecule has 2 N–H and O–H groups in total. The number of nitrogens with one attached hydrogen (secondary N) is 2. The fourth-order valence-corrected chi connectivity index (χ4v) is 5.24. The first-order valence-electron chi connectivity index (χ1n) is 12.2. The first-order valence-corrected chi connectivity index (χ1v) is 12.2. The van der Waals surface area contributed by atoms with Crippen LogP contribution in [0, 0.1) is 5.92 Å². The zero-order valence-corrected chi connectivity index (χ0v) is 19.1. The molecule has 1 aromatic rings. The normalized spacial score (nSPS) is 23.4. The Morgan fingerprint density at radius 1 is 1.03 bits per heavy atom. The average molecular weight is 449 g/mol. The van der Waals surface area contributed by atoms with Crippen molar-refractivity contribution in [3.8, 4) is 0 Å². The van der Waals surface area contributed by atoms with Crippen molar-refractivity contribution < 1.29 is 14.4 Å². The Morgan fingerprint density at radius 2 is 1.79 bits per heavy atom. The maximum atomic E-state index is 13.1. The van der Waals surface area contributed by atoms with Crippen LogP contribution in [0.5, 0.6) is 0 Å². The number of nitrogens with zero attached hydrogens (tertiary/aromatic N) is 2. The third kappa shape index (κ3) is 4.28. The van der Waals surface area contributed by atoms with Crippen molar-refractivity contribution in [3.63, 3.8) is 0 Å². The lowest BCUT2D eigenvalue weighted by Gasteiger charge is -2.34. The molecule has 1 atom stereocenters. The van der Waals surface area contributed by atoms with Gasteiger partial charge in [-0.2, -0.15) is 0 Å². The fourth-order valence-electron chi connectivity index (χ4n) is 5.24. The SMILES string of the molecule is C=C1CCC(N2C(=O)c3ccc(N4CCC(CCNC=C5CCC5)CC4)cc3C2=O)C(=O)N1. The molecular formula is C26H32N4O3. The molecule has 174 valence electrons. The molecule has 7 heteroatoms. The van der Waals surface area contributed by atoms with Crippen molar-refractivity contribution in [2.45, 2.75) is 57.4 Å². The highest BCUT2D eigenvalue weighted by Gasteiger charge is 2.44. The molecule has 3 heterocycles. The number of benzene rings is 1. The van der Waals surface area contributed by atoms with Crippen LogP contribution in [0.3, 0.4) is 0 Å². The second-order valence-electron chi connectivity index (χ2n) is 9.69. The van der Waals surface area contributed by atoms with E-state index in [1.165, 1.54) is 25.7 Å². The van der Waals surface area contributed by atoms with Gasteiger partial charge in [-0.25, -0.2) is 0 Å². The third-order valence-electron chi connectivity index (χ3n) is 7.51. The van der Waals surface area contributed by atoms with E-state index in [2.05, 4.69) is 28.3 Å². The van der Waals surface area contributed by atoms with Crippen LogP contribution >= 0.6 is 0 Å². The minimum absolute atomic E-state index is 0.332. The van der Waals surface area contributed by atoms with Gasteiger partial charge in [0.1, 0.15) is 6.04 Å². The largest absolute Gasteiger partial charge is 0.391 e. The summed E-state index contributed by atoms with van der Waals surface area (Å²) in [5.41, 5.74) is 3.95. The molecule has 3 fully saturated rings. The lowest BCUT2D eigenvalue weighted by atomic mass is 9.92. The van der Waals surface area contributed by atoms with Crippen molar-refractivity contribution >= 4 is 23.4 Å². The van der Waals surface area contributed by atoms with E-state index in [0.717, 1.165) is 43.1 Å². The number of anilines is 1. The summed E-state index contributed by atoms with van der Waals surface area (Å²) in [6.07, 6.45) is 10.5. The number of allylic oxidation sites excluding steroid dienone is 2. The van der Waals surface area contributed by atoms with Crippen molar-refractivity contribution in [2.75, 3.05) is 24.5 Å². The maximum Gasteiger partial charge on any atom is 0.262 e. The first kappa shape index (κ1) is 21.7. The number of hydrogen-bond donors (Lipinski definition) is 2. The van der Waals surface area contributed by atoms with Gasteiger partial charge in [-0.05, 0) is 81.7 Å². The molecule has 0 aromatic heterocycles. The van der Waals surface area contributed by atoms with Gasteiger partial charge >= 0.3 is 0 Å². The van der Waals surface area contributed by atoms with E-state index in [4.69, 9.17) is 0 Å². The van der Waals surface area contributed by atoms with Gasteiger partial charge in [0.15, 0.2) is 0 Å². The van der Waals surface area contributed by atoms with Crippen LogP contribution < -0.4 is 15.5 Å². The van der Waals surface area contributed by atoms with E-state index >= 15 is 0 Å². The summed E-state index contributed by atoms with van der Waals surface area (Å²) in [6.45, 7) is 6.70. The van der Waals surface area contributed by atoms with Crippen LogP contribution in [0.4, 0.5) is 5.69 Å². The third-order valence-corrected chi connectivity index (χ3v) is 7.51. The summed E-state index contributed by atoms with van der Waals surface area (Å²) in [5, 5.41) is 6.14. The molecule has 5 rings (SSSR count). The van der Waals surface area contributed by atoms with Gasteiger partial charge in [0.05, 0.1) is 11.1 Å². The molecule has 33 heavy (non-hydrogen) atoms. The highest BCUT2D eigenvalue weighted by atomic mass is 16.2. The smallest absolute Gasteiger partial charge is 0.262 e. The quantitative estimate of drug-likeness (QED) is 0.515. The second kappa shape index (κ2) is 9.04. The summed E-state index contributed by atoms with van der Waals surface area (Å²) >= 11 is 0. The first-order chi connectivity index (χ1) is 16.0. The number of piperidine rings is 2. The van der Waals surface area contributed by atoms with Crippen molar-refractivity contribution in [3.05, 3.63) is 53.4 Å². The number of carbonyl (C=O) groups excluding carboxylic acids is 3. The predicted molar refractivity (Wildman–Crippen MR) is 127 cm³/mol. The predicted octanol–water partition coefficient (Wildman–Crippen LogP) is 3.34. The molecule has 2 saturated heterocycles. The molecule has 0 radical (unpaired) electrons. The Bertz CT molecular complexity index is 1020. The molecule has 7 nitrogen and oxygen atoms in total. The van der Waals surface area contributed by atoms with Crippen LogP contribution in [0.25, 0.3) is 0 Å². The molecule has 1 unspecified atom stereocenters. The number of fused-ring (bicyclic) bond motifs is 1. The van der Waals surface area contributed by atoms with E-state index in [-0.39, 0.29) is 17.7 Å². The van der Waals surface area contributed by atoms with Crippen LogP contribution in [0.2, 0.25) is 0 Å². The molecule has 1 aromatic carbocycles. The molecule has 4 aliphatic rings. The summed E-state index contributed by atoms with van der Waals surface area (Å²) in [4.78, 5) is 41.9. The number of rotatable bonds is 6. The van der Waals surface area contributed by atoms with Gasteiger partial charge in [0, 0.05) is 31.0 Å². The van der Waals surface area contributed by atoms with Crippen molar-refractivity contribution in [1.82, 2.24) is 15.5 Å². The molecule has 3 aliphatic heterocycles. The van der Waals surface area contributed by atoms with E-state index in [9.17, 15) is 14.4 Å². The van der Waals surface area contributed by atoms with Gasteiger partial charge < -0.3 is 15.5 Å². The molecule has 3 amide bonds. The van der Waals surface area contributed by atoms with Gasteiger partial charge in [0.25, 0.3) is 11.8 Å². The van der Waals surface area contributed by atoms with E-state index in [1.54, 1.807) is 11.6 Å². The van der Waals surface area contributed by atoms with Gasteiger partial charge in [0.2, 0.25) is 5.91 Å². The van der Waals surface area contributed by atoms with Gasteiger partial charge in [-0.1, -0.05) is 12.2 Å². The fraction of sp³-hybridized carbons (Fsp3) is 0.500. The number of imide groups is 1. The number of hydrogen-bond acceptors (Lipinski definition) is 5. The second-order valence-corrected chi connectivity index (χ2v) is 9.69. The monoisotopic (exact) mass is 448 g/mol. The van der Waals surface area contributed by atoms with E-state index in [0.29, 0.717) is 35.6 Å². The molecule has 1 saturated carbocycles. The van der Waals surface area contributed by atoms with E-state index < -0.39 is 6.04 Å². The van der Waals surface area contributed by atoms with Gasteiger partial charge in [-0.3, -0.25) is 19.3 Å². The highest BCUT2D eigenvalue weighted by molar-refractivity contribution is 6.23. The Morgan fingerprint density at radius 3 is 2.48 bits per heavy atom. The summed E-state index contributed by atoms with van der Waals surface area (Å²) < 4.78 is 0. The van der Waals surface area contributed by atoms with Crippen molar-refractivity contribution in [1.29, 1.82) is 0 Å². The van der Waals surface area contributed by atoms with Crippen molar-refractivity contribution in [2.24, 2.45) is 5.92 Å². The minimum Gasteiger partial charge on any atom is -0.391 e. The van der Waals surface area contributed by atoms with E-state index in [1.807, 2.05) is 12.1 Å². The topological polar surface area (TPSA) is 81.8 Å². The molecular weight excluding hydrogens is 416 g/mol. The van der Waals surface area contributed by atoms with Crippen LogP contribution in [0.15, 0.2) is 42.2 Å². The highest BCUT2D eigenvalue weighted by Crippen LogP contribution is 2.33. The minimum atomic E-state index is -0.768. The Hall–Kier alpha value is -3.09. The maximum absolute atomic E-state index is 13.1. The molecule has 0 spiro atoms. The zero-order valence-electron chi connectivity index (χ0n) is 19.1. The summed E-state index contributed by atoms with van der Waals surface area (Å²) in [7, 11) is 0. The Balaban J connectivity index is 1.19. The summed E-state index contributed by atoms with van der Waals surface area (Å²) in [6, 6.07) is 4.75. The number of carbonyl (C=O) groups is 3. The lowest BCUT2D eigenvalue weighted by Crippen LogP contribution is -2.51. The number of amides is 3. The van der Waals surface area contributed by atoms with Gasteiger partial charge in [-0.15, -0.1) is 0 Å². The zero-order chi connectivity index (χ0) is 22.9. The molecule has 1 aliphatic carbocycles. The van der Waals surface area contributed by atoms with Crippen LogP contribution in [0.1, 0.15) is 72.1 Å². The van der Waals surface area contributed by atoms with Crippen LogP contribution in [-0.4, -0.2) is 48.3 Å². The Labute approximate surface area is 194 Å². The molecule has 0 bridgehead atoms. The Kier molecular flexibility index (Phi) is 5.96. The lowest BCUT2D eigenvalue weighted by molar-refractivity contribution is -0.125. The summed E-state index contributed by atoms with van der Waals surface area (Å²) in [5.74, 6) is -0.369.